The van der Waals surface area contributed by atoms with Crippen LogP contribution in [-0.2, 0) is 0 Å². The number of nitrogens with two attached hydrogens (primary N) is 1. The van der Waals surface area contributed by atoms with Gasteiger partial charge >= 0.3 is 0 Å². The van der Waals surface area contributed by atoms with Crippen molar-refractivity contribution in [2.45, 2.75) is 18.9 Å². The Labute approximate surface area is 86.5 Å². The van der Waals surface area contributed by atoms with Crippen molar-refractivity contribution < 1.29 is 9.53 Å². The molecule has 15 heavy (non-hydrogen) atoms. The van der Waals surface area contributed by atoms with Crippen molar-refractivity contribution in [2.24, 2.45) is 5.73 Å². The Balaban J connectivity index is 2.35. The fourth-order valence-electron chi connectivity index (χ4n) is 1.15. The van der Waals surface area contributed by atoms with Crippen LogP contribution in [0.4, 0.5) is 0 Å². The van der Waals surface area contributed by atoms with Crippen molar-refractivity contribution in [1.29, 1.82) is 5.26 Å². The Hall–Kier alpha value is -2.09. The van der Waals surface area contributed by atoms with Crippen LogP contribution in [-0.4, -0.2) is 17.0 Å². The number of nitrogens with zero attached hydrogens (tertiary/aromatic N) is 2. The number of amides is 1. The predicted molar refractivity (Wildman–Crippen MR) is 51.1 cm³/mol. The zero-order valence-corrected chi connectivity index (χ0v) is 7.93. The third kappa shape index (κ3) is 2.05. The number of aromatic nitrogens is 1. The lowest BCUT2D eigenvalue weighted by atomic mass is 10.2. The quantitative estimate of drug-likeness (QED) is 0.778. The Kier molecular flexibility index (Phi) is 2.26. The van der Waals surface area contributed by atoms with Gasteiger partial charge in [-0.3, -0.25) is 4.79 Å². The second-order valence-electron chi connectivity index (χ2n) is 3.34. The number of carbonyl (C=O) groups is 1. The largest absolute Gasteiger partial charge is 0.488 e. The molecule has 0 spiro atoms. The second-order valence-corrected chi connectivity index (χ2v) is 3.34. The summed E-state index contributed by atoms with van der Waals surface area (Å²) in [5, 5.41) is 8.62. The van der Waals surface area contributed by atoms with Gasteiger partial charge in [0.15, 0.2) is 11.4 Å². The van der Waals surface area contributed by atoms with Crippen LogP contribution in [0.25, 0.3) is 0 Å². The Morgan fingerprint density at radius 3 is 2.87 bits per heavy atom. The summed E-state index contributed by atoms with van der Waals surface area (Å²) in [6.45, 7) is 0. The van der Waals surface area contributed by atoms with E-state index in [0.717, 1.165) is 12.8 Å². The molecule has 2 N–H and O–H groups in total. The van der Waals surface area contributed by atoms with E-state index in [1.165, 1.54) is 6.07 Å². The standard InChI is InChI=1S/C10H9N3O2/c11-5-6-1-4-8(15-7-2-3-7)9(13-6)10(12)14/h1,4,7H,2-3H2,(H2,12,14). The van der Waals surface area contributed by atoms with Crippen LogP contribution in [0.1, 0.15) is 29.0 Å². The summed E-state index contributed by atoms with van der Waals surface area (Å²) < 4.78 is 5.44. The van der Waals surface area contributed by atoms with Gasteiger partial charge < -0.3 is 10.5 Å². The number of rotatable bonds is 3. The van der Waals surface area contributed by atoms with Crippen molar-refractivity contribution in [1.82, 2.24) is 4.98 Å². The minimum Gasteiger partial charge on any atom is -0.488 e. The number of ether oxygens (including phenoxy) is 1. The number of hydrogen-bond donors (Lipinski definition) is 1. The predicted octanol–water partition coefficient (Wildman–Crippen LogP) is 0.593. The van der Waals surface area contributed by atoms with Crippen LogP contribution in [0, 0.1) is 11.3 Å². The molecule has 0 bridgehead atoms. The first kappa shape index (κ1) is 9.46. The smallest absolute Gasteiger partial charge is 0.271 e. The molecule has 1 aliphatic carbocycles. The van der Waals surface area contributed by atoms with Crippen LogP contribution in [0.15, 0.2) is 12.1 Å². The first-order chi connectivity index (χ1) is 7.20. The maximum absolute atomic E-state index is 11.1. The number of carbonyl (C=O) groups excluding carboxylic acids is 1. The van der Waals surface area contributed by atoms with Crippen LogP contribution < -0.4 is 10.5 Å². The number of pyridine rings is 1. The molecule has 1 aromatic rings. The zero-order chi connectivity index (χ0) is 10.8. The molecule has 1 saturated carbocycles. The van der Waals surface area contributed by atoms with Crippen LogP contribution in [0.2, 0.25) is 0 Å². The van der Waals surface area contributed by atoms with E-state index in [1.807, 2.05) is 6.07 Å². The monoisotopic (exact) mass is 203 g/mol. The van der Waals surface area contributed by atoms with Gasteiger partial charge in [0.1, 0.15) is 11.8 Å². The molecular formula is C10H9N3O2. The number of hydrogen-bond acceptors (Lipinski definition) is 4. The molecule has 0 saturated heterocycles. The highest BCUT2D eigenvalue weighted by Gasteiger charge is 2.25. The lowest BCUT2D eigenvalue weighted by molar-refractivity contribution is 0.0990. The Bertz CT molecular complexity index is 446. The lowest BCUT2D eigenvalue weighted by Gasteiger charge is -2.07. The van der Waals surface area contributed by atoms with Gasteiger partial charge in [0, 0.05) is 0 Å². The lowest BCUT2D eigenvalue weighted by Crippen LogP contribution is -2.16. The van der Waals surface area contributed by atoms with Gasteiger partial charge in [0.05, 0.1) is 6.10 Å². The second kappa shape index (κ2) is 3.58. The summed E-state index contributed by atoms with van der Waals surface area (Å²) in [7, 11) is 0. The molecule has 0 aromatic carbocycles. The van der Waals surface area contributed by atoms with Crippen molar-refractivity contribution in [2.75, 3.05) is 0 Å². The summed E-state index contributed by atoms with van der Waals surface area (Å²) >= 11 is 0. The van der Waals surface area contributed by atoms with Gasteiger partial charge in [-0.25, -0.2) is 4.98 Å². The van der Waals surface area contributed by atoms with Crippen LogP contribution in [0.5, 0.6) is 5.75 Å². The third-order valence-electron chi connectivity index (χ3n) is 2.02. The highest BCUT2D eigenvalue weighted by molar-refractivity contribution is 5.93. The van der Waals surface area contributed by atoms with E-state index in [2.05, 4.69) is 4.98 Å². The molecule has 76 valence electrons. The van der Waals surface area contributed by atoms with E-state index in [-0.39, 0.29) is 17.5 Å². The van der Waals surface area contributed by atoms with E-state index in [1.54, 1.807) is 6.07 Å². The van der Waals surface area contributed by atoms with Gasteiger partial charge in [-0.1, -0.05) is 0 Å². The first-order valence-corrected chi connectivity index (χ1v) is 4.58. The first-order valence-electron chi connectivity index (χ1n) is 4.58. The summed E-state index contributed by atoms with van der Waals surface area (Å²) in [5.74, 6) is -0.313. The van der Waals surface area contributed by atoms with Gasteiger partial charge in [0.2, 0.25) is 0 Å². The Morgan fingerprint density at radius 1 is 1.60 bits per heavy atom. The molecule has 1 aromatic heterocycles. The van der Waals surface area contributed by atoms with E-state index >= 15 is 0 Å². The molecule has 2 rings (SSSR count). The van der Waals surface area contributed by atoms with Crippen LogP contribution >= 0.6 is 0 Å². The zero-order valence-electron chi connectivity index (χ0n) is 7.93. The molecule has 0 aliphatic heterocycles. The van der Waals surface area contributed by atoms with Crippen molar-refractivity contribution in [3.8, 4) is 11.8 Å². The summed E-state index contributed by atoms with van der Waals surface area (Å²) in [4.78, 5) is 14.9. The van der Waals surface area contributed by atoms with E-state index in [0.29, 0.717) is 5.75 Å². The van der Waals surface area contributed by atoms with Gasteiger partial charge in [-0.15, -0.1) is 0 Å². The number of primary amides is 1. The molecule has 1 amide bonds. The highest BCUT2D eigenvalue weighted by Crippen LogP contribution is 2.28. The van der Waals surface area contributed by atoms with E-state index in [4.69, 9.17) is 15.7 Å². The van der Waals surface area contributed by atoms with Crippen molar-refractivity contribution >= 4 is 5.91 Å². The summed E-state index contributed by atoms with van der Waals surface area (Å²) in [6, 6.07) is 4.91. The molecule has 0 unspecified atom stereocenters. The van der Waals surface area contributed by atoms with Crippen molar-refractivity contribution in [3.63, 3.8) is 0 Å². The van der Waals surface area contributed by atoms with Gasteiger partial charge in [-0.05, 0) is 25.0 Å². The maximum atomic E-state index is 11.1. The topological polar surface area (TPSA) is 89.0 Å². The highest BCUT2D eigenvalue weighted by atomic mass is 16.5. The summed E-state index contributed by atoms with van der Waals surface area (Å²) in [5.41, 5.74) is 5.33. The third-order valence-corrected chi connectivity index (χ3v) is 2.02. The average Bonchev–Trinajstić information content (AvgIpc) is 3.02. The van der Waals surface area contributed by atoms with Crippen LogP contribution in [0.3, 0.4) is 0 Å². The minimum atomic E-state index is -0.678. The van der Waals surface area contributed by atoms with Gasteiger partial charge in [0.25, 0.3) is 5.91 Å². The minimum absolute atomic E-state index is 0.0287. The average molecular weight is 203 g/mol. The van der Waals surface area contributed by atoms with Crippen molar-refractivity contribution in [3.05, 3.63) is 23.5 Å². The van der Waals surface area contributed by atoms with E-state index < -0.39 is 5.91 Å². The fourth-order valence-corrected chi connectivity index (χ4v) is 1.15. The molecule has 5 heteroatoms. The number of nitriles is 1. The SMILES string of the molecule is N#Cc1ccc(OC2CC2)c(C(N)=O)n1. The Morgan fingerprint density at radius 2 is 2.33 bits per heavy atom. The fraction of sp³-hybridized carbons (Fsp3) is 0.300. The molecule has 0 radical (unpaired) electrons. The molecular weight excluding hydrogens is 194 g/mol. The molecule has 1 fully saturated rings. The molecule has 5 nitrogen and oxygen atoms in total. The van der Waals surface area contributed by atoms with E-state index in [9.17, 15) is 4.79 Å². The summed E-state index contributed by atoms with van der Waals surface area (Å²) in [6.07, 6.45) is 2.13. The molecule has 0 atom stereocenters. The maximum Gasteiger partial charge on any atom is 0.271 e. The molecule has 1 aliphatic rings. The molecule has 1 heterocycles. The normalized spacial score (nSPS) is 14.3. The van der Waals surface area contributed by atoms with Gasteiger partial charge in [-0.2, -0.15) is 5.26 Å².